The van der Waals surface area contributed by atoms with Crippen LogP contribution in [0.1, 0.15) is 5.56 Å². The Labute approximate surface area is 162 Å². The van der Waals surface area contributed by atoms with E-state index in [1.54, 1.807) is 12.1 Å². The van der Waals surface area contributed by atoms with Crippen LogP contribution in [0.2, 0.25) is 0 Å². The molecule has 140 valence electrons. The van der Waals surface area contributed by atoms with E-state index in [2.05, 4.69) is 25.6 Å². The first-order chi connectivity index (χ1) is 13.6. The van der Waals surface area contributed by atoms with Gasteiger partial charge in [-0.15, -0.1) is 0 Å². The van der Waals surface area contributed by atoms with Crippen molar-refractivity contribution in [2.75, 3.05) is 10.6 Å². The number of para-hydroxylation sites is 1. The maximum atomic E-state index is 13.0. The number of hydrogen-bond donors (Lipinski definition) is 2. The van der Waals surface area contributed by atoms with Crippen LogP contribution in [0, 0.1) is 15.9 Å². The van der Waals surface area contributed by atoms with Crippen LogP contribution in [0.3, 0.4) is 0 Å². The van der Waals surface area contributed by atoms with Gasteiger partial charge in [0.1, 0.15) is 12.1 Å². The minimum absolute atomic E-state index is 0.0423. The number of rotatable bonds is 6. The molecule has 10 heteroatoms. The third-order valence-electron chi connectivity index (χ3n) is 3.90. The van der Waals surface area contributed by atoms with Crippen molar-refractivity contribution < 1.29 is 9.31 Å². The molecule has 0 aliphatic rings. The highest BCUT2D eigenvalue weighted by molar-refractivity contribution is 7.22. The van der Waals surface area contributed by atoms with Gasteiger partial charge in [0.15, 0.2) is 5.13 Å². The van der Waals surface area contributed by atoms with E-state index in [4.69, 9.17) is 0 Å². The Morgan fingerprint density at radius 3 is 2.57 bits per heavy atom. The van der Waals surface area contributed by atoms with Gasteiger partial charge in [-0.1, -0.05) is 35.6 Å². The van der Waals surface area contributed by atoms with E-state index in [-0.39, 0.29) is 29.7 Å². The summed E-state index contributed by atoms with van der Waals surface area (Å²) in [4.78, 5) is 23.5. The number of fused-ring (bicyclic) bond motifs is 1. The molecule has 0 atom stereocenters. The number of thiazole rings is 1. The molecule has 0 saturated carbocycles. The summed E-state index contributed by atoms with van der Waals surface area (Å²) in [6, 6.07) is 13.4. The van der Waals surface area contributed by atoms with Crippen molar-refractivity contribution in [3.05, 3.63) is 76.4 Å². The second-order valence-electron chi connectivity index (χ2n) is 5.77. The SMILES string of the molecule is O=[N+]([O-])c1c(NCc2ccc(F)cc2)ncnc1Nc1nc2ccccc2s1. The average molecular weight is 396 g/mol. The Morgan fingerprint density at radius 1 is 1.07 bits per heavy atom. The molecule has 4 rings (SSSR count). The molecule has 0 aliphatic heterocycles. The topological polar surface area (TPSA) is 106 Å². The van der Waals surface area contributed by atoms with E-state index in [1.807, 2.05) is 24.3 Å². The number of benzene rings is 2. The van der Waals surface area contributed by atoms with Gasteiger partial charge in [0, 0.05) is 6.54 Å². The van der Waals surface area contributed by atoms with Gasteiger partial charge in [-0.25, -0.2) is 19.3 Å². The van der Waals surface area contributed by atoms with E-state index in [1.165, 1.54) is 29.8 Å². The zero-order valence-electron chi connectivity index (χ0n) is 14.3. The Kier molecular flexibility index (Phi) is 4.77. The highest BCUT2D eigenvalue weighted by atomic mass is 32.1. The van der Waals surface area contributed by atoms with Crippen molar-refractivity contribution in [3.63, 3.8) is 0 Å². The van der Waals surface area contributed by atoms with Crippen molar-refractivity contribution in [3.8, 4) is 0 Å². The molecule has 0 amide bonds. The van der Waals surface area contributed by atoms with Gasteiger partial charge >= 0.3 is 5.69 Å². The lowest BCUT2D eigenvalue weighted by molar-refractivity contribution is -0.383. The van der Waals surface area contributed by atoms with Crippen molar-refractivity contribution >= 4 is 44.0 Å². The number of anilines is 3. The monoisotopic (exact) mass is 396 g/mol. The fraction of sp³-hybridized carbons (Fsp3) is 0.0556. The molecule has 8 nitrogen and oxygen atoms in total. The molecular formula is C18H13FN6O2S. The number of halogens is 1. The average Bonchev–Trinajstić information content (AvgIpc) is 3.09. The minimum Gasteiger partial charge on any atom is -0.360 e. The number of hydrogen-bond acceptors (Lipinski definition) is 8. The first-order valence-corrected chi connectivity index (χ1v) is 9.02. The Hall–Kier alpha value is -3.66. The summed E-state index contributed by atoms with van der Waals surface area (Å²) in [6.07, 6.45) is 1.23. The van der Waals surface area contributed by atoms with Gasteiger partial charge in [-0.3, -0.25) is 10.1 Å². The molecule has 0 aliphatic carbocycles. The first-order valence-electron chi connectivity index (χ1n) is 8.20. The Balaban J connectivity index is 1.61. The van der Waals surface area contributed by atoms with Crippen LogP contribution in [0.5, 0.6) is 0 Å². The maximum Gasteiger partial charge on any atom is 0.353 e. The van der Waals surface area contributed by atoms with E-state index < -0.39 is 4.92 Å². The summed E-state index contributed by atoms with van der Waals surface area (Å²) in [5.74, 6) is -0.243. The molecule has 2 aromatic carbocycles. The lowest BCUT2D eigenvalue weighted by Gasteiger charge is -2.09. The zero-order chi connectivity index (χ0) is 19.5. The van der Waals surface area contributed by atoms with E-state index >= 15 is 0 Å². The molecule has 2 aromatic heterocycles. The highest BCUT2D eigenvalue weighted by Crippen LogP contribution is 2.34. The van der Waals surface area contributed by atoms with Crippen LogP contribution in [0.25, 0.3) is 10.2 Å². The second-order valence-corrected chi connectivity index (χ2v) is 6.80. The smallest absolute Gasteiger partial charge is 0.353 e. The predicted octanol–water partition coefficient (Wildman–Crippen LogP) is 4.49. The number of nitro groups is 1. The summed E-state index contributed by atoms with van der Waals surface area (Å²) in [7, 11) is 0. The molecule has 0 saturated heterocycles. The zero-order valence-corrected chi connectivity index (χ0v) is 15.1. The third-order valence-corrected chi connectivity index (χ3v) is 4.85. The van der Waals surface area contributed by atoms with Crippen LogP contribution in [-0.2, 0) is 6.54 Å². The van der Waals surface area contributed by atoms with Crippen LogP contribution in [0.15, 0.2) is 54.9 Å². The van der Waals surface area contributed by atoms with Crippen LogP contribution in [-0.4, -0.2) is 19.9 Å². The molecule has 0 fully saturated rings. The normalized spacial score (nSPS) is 10.8. The summed E-state index contributed by atoms with van der Waals surface area (Å²) < 4.78 is 14.0. The number of nitrogens with zero attached hydrogens (tertiary/aromatic N) is 4. The van der Waals surface area contributed by atoms with Gasteiger partial charge in [-0.2, -0.15) is 0 Å². The molecule has 0 spiro atoms. The quantitative estimate of drug-likeness (QED) is 0.365. The lowest BCUT2D eigenvalue weighted by atomic mass is 10.2. The Bertz CT molecular complexity index is 1120. The summed E-state index contributed by atoms with van der Waals surface area (Å²) in [5.41, 5.74) is 1.26. The number of nitrogens with one attached hydrogen (secondary N) is 2. The van der Waals surface area contributed by atoms with Gasteiger partial charge < -0.3 is 10.6 Å². The van der Waals surface area contributed by atoms with Crippen LogP contribution in [0.4, 0.5) is 26.8 Å². The highest BCUT2D eigenvalue weighted by Gasteiger charge is 2.23. The standard InChI is InChI=1S/C18H13FN6O2S/c19-12-7-5-11(6-8-12)9-20-16-15(25(26)27)17(22-10-21-16)24-18-23-13-3-1-2-4-14(13)28-18/h1-8,10H,9H2,(H2,20,21,22,23,24). The molecule has 4 aromatic rings. The minimum atomic E-state index is -0.553. The summed E-state index contributed by atoms with van der Waals surface area (Å²) in [5, 5.41) is 18.0. The second kappa shape index (κ2) is 7.53. The molecule has 2 heterocycles. The van der Waals surface area contributed by atoms with Gasteiger partial charge in [0.25, 0.3) is 0 Å². The molecule has 2 N–H and O–H groups in total. The van der Waals surface area contributed by atoms with Gasteiger partial charge in [0.05, 0.1) is 15.1 Å². The van der Waals surface area contributed by atoms with E-state index in [0.29, 0.717) is 5.13 Å². The maximum absolute atomic E-state index is 13.0. The molecule has 0 radical (unpaired) electrons. The van der Waals surface area contributed by atoms with Crippen molar-refractivity contribution in [2.24, 2.45) is 0 Å². The van der Waals surface area contributed by atoms with Crippen molar-refractivity contribution in [2.45, 2.75) is 6.54 Å². The molecule has 0 unspecified atom stereocenters. The van der Waals surface area contributed by atoms with Crippen LogP contribution < -0.4 is 10.6 Å². The Morgan fingerprint density at radius 2 is 1.82 bits per heavy atom. The predicted molar refractivity (Wildman–Crippen MR) is 105 cm³/mol. The summed E-state index contributed by atoms with van der Waals surface area (Å²) in [6.45, 7) is 0.249. The molecule has 0 bridgehead atoms. The fourth-order valence-electron chi connectivity index (χ4n) is 2.59. The van der Waals surface area contributed by atoms with Crippen molar-refractivity contribution in [1.29, 1.82) is 0 Å². The third kappa shape index (κ3) is 3.71. The van der Waals surface area contributed by atoms with Crippen molar-refractivity contribution in [1.82, 2.24) is 15.0 Å². The lowest BCUT2D eigenvalue weighted by Crippen LogP contribution is -2.08. The van der Waals surface area contributed by atoms with Gasteiger partial charge in [0.2, 0.25) is 11.6 Å². The summed E-state index contributed by atoms with van der Waals surface area (Å²) >= 11 is 1.37. The van der Waals surface area contributed by atoms with Crippen LogP contribution >= 0.6 is 11.3 Å². The largest absolute Gasteiger partial charge is 0.360 e. The van der Waals surface area contributed by atoms with E-state index in [0.717, 1.165) is 15.8 Å². The first kappa shape index (κ1) is 17.7. The number of aromatic nitrogens is 3. The fourth-order valence-corrected chi connectivity index (χ4v) is 3.45. The van der Waals surface area contributed by atoms with Gasteiger partial charge in [-0.05, 0) is 29.8 Å². The molecular weight excluding hydrogens is 383 g/mol. The molecule has 28 heavy (non-hydrogen) atoms. The van der Waals surface area contributed by atoms with E-state index in [9.17, 15) is 14.5 Å².